The van der Waals surface area contributed by atoms with Gasteiger partial charge in [-0.2, -0.15) is 0 Å². The predicted octanol–water partition coefficient (Wildman–Crippen LogP) is 3.74. The minimum absolute atomic E-state index is 0.0452. The molecule has 5 heteroatoms. The van der Waals surface area contributed by atoms with Gasteiger partial charge in [-0.15, -0.1) is 0 Å². The number of rotatable bonds is 5. The van der Waals surface area contributed by atoms with E-state index in [9.17, 15) is 4.79 Å². The van der Waals surface area contributed by atoms with Gasteiger partial charge in [-0.25, -0.2) is 0 Å². The molecule has 25 heavy (non-hydrogen) atoms. The van der Waals surface area contributed by atoms with Gasteiger partial charge in [0.25, 0.3) is 5.91 Å². The number of hydrogen-bond donors (Lipinski definition) is 1. The Hall–Kier alpha value is -2.04. The van der Waals surface area contributed by atoms with Gasteiger partial charge in [-0.05, 0) is 61.8 Å². The SMILES string of the molecule is CN(C(=O)c1cccc(OCc2ccc(Cl)cc2)c1)C1CCNCC1. The number of nitrogens with one attached hydrogen (secondary N) is 1. The summed E-state index contributed by atoms with van der Waals surface area (Å²) in [7, 11) is 1.89. The molecule has 0 bridgehead atoms. The van der Waals surface area contributed by atoms with Gasteiger partial charge in [0.1, 0.15) is 12.4 Å². The smallest absolute Gasteiger partial charge is 0.253 e. The molecule has 1 amide bonds. The maximum atomic E-state index is 12.7. The third kappa shape index (κ3) is 4.74. The van der Waals surface area contributed by atoms with Gasteiger partial charge in [0.2, 0.25) is 0 Å². The molecule has 0 atom stereocenters. The first-order chi connectivity index (χ1) is 12.1. The van der Waals surface area contributed by atoms with Gasteiger partial charge in [0.15, 0.2) is 0 Å². The molecule has 1 aliphatic heterocycles. The lowest BCUT2D eigenvalue weighted by atomic mass is 10.0. The highest BCUT2D eigenvalue weighted by Crippen LogP contribution is 2.19. The minimum Gasteiger partial charge on any atom is -0.489 e. The molecule has 1 saturated heterocycles. The van der Waals surface area contributed by atoms with Gasteiger partial charge in [-0.3, -0.25) is 4.79 Å². The van der Waals surface area contributed by atoms with Crippen molar-refractivity contribution in [2.45, 2.75) is 25.5 Å². The number of halogens is 1. The van der Waals surface area contributed by atoms with E-state index >= 15 is 0 Å². The van der Waals surface area contributed by atoms with Crippen molar-refractivity contribution in [1.29, 1.82) is 0 Å². The summed E-state index contributed by atoms with van der Waals surface area (Å²) < 4.78 is 5.82. The maximum Gasteiger partial charge on any atom is 0.253 e. The molecule has 132 valence electrons. The zero-order valence-corrected chi connectivity index (χ0v) is 15.1. The number of hydrogen-bond acceptors (Lipinski definition) is 3. The minimum atomic E-state index is 0.0452. The van der Waals surface area contributed by atoms with Crippen LogP contribution in [0.1, 0.15) is 28.8 Å². The van der Waals surface area contributed by atoms with Gasteiger partial charge < -0.3 is 15.0 Å². The molecule has 0 saturated carbocycles. The molecule has 0 aromatic heterocycles. The summed E-state index contributed by atoms with van der Waals surface area (Å²) in [6, 6.07) is 15.2. The van der Waals surface area contributed by atoms with Crippen molar-refractivity contribution in [3.05, 3.63) is 64.7 Å². The number of carbonyl (C=O) groups is 1. The number of piperidine rings is 1. The monoisotopic (exact) mass is 358 g/mol. The fourth-order valence-corrected chi connectivity index (χ4v) is 3.16. The second-order valence-electron chi connectivity index (χ2n) is 6.34. The Kier molecular flexibility index (Phi) is 5.95. The molecule has 1 heterocycles. The first-order valence-electron chi connectivity index (χ1n) is 8.58. The van der Waals surface area contributed by atoms with Crippen molar-refractivity contribution < 1.29 is 9.53 Å². The molecule has 2 aromatic carbocycles. The molecule has 0 radical (unpaired) electrons. The summed E-state index contributed by atoms with van der Waals surface area (Å²) in [6.45, 7) is 2.37. The van der Waals surface area contributed by atoms with Crippen LogP contribution in [0.4, 0.5) is 0 Å². The molecular formula is C20H23ClN2O2. The normalized spacial score (nSPS) is 15.0. The van der Waals surface area contributed by atoms with Crippen LogP contribution in [0.25, 0.3) is 0 Å². The van der Waals surface area contributed by atoms with Crippen molar-refractivity contribution in [2.24, 2.45) is 0 Å². The Balaban J connectivity index is 1.63. The topological polar surface area (TPSA) is 41.6 Å². The molecule has 2 aromatic rings. The summed E-state index contributed by atoms with van der Waals surface area (Å²) in [5.41, 5.74) is 1.70. The van der Waals surface area contributed by atoms with Crippen LogP contribution >= 0.6 is 11.6 Å². The largest absolute Gasteiger partial charge is 0.489 e. The lowest BCUT2D eigenvalue weighted by molar-refractivity contribution is 0.0702. The molecule has 3 rings (SSSR count). The molecule has 1 aliphatic rings. The van der Waals surface area contributed by atoms with Crippen LogP contribution in [0.15, 0.2) is 48.5 Å². The van der Waals surface area contributed by atoms with Gasteiger partial charge in [0.05, 0.1) is 0 Å². The van der Waals surface area contributed by atoms with Gasteiger partial charge >= 0.3 is 0 Å². The first kappa shape index (κ1) is 17.8. The van der Waals surface area contributed by atoms with Crippen LogP contribution in [0.2, 0.25) is 5.02 Å². The predicted molar refractivity (Wildman–Crippen MR) is 100 cm³/mol. The Morgan fingerprint density at radius 1 is 1.20 bits per heavy atom. The molecule has 4 nitrogen and oxygen atoms in total. The van der Waals surface area contributed by atoms with E-state index < -0.39 is 0 Å². The average molecular weight is 359 g/mol. The van der Waals surface area contributed by atoms with E-state index in [1.807, 2.05) is 60.5 Å². The highest BCUT2D eigenvalue weighted by Gasteiger charge is 2.23. The highest BCUT2D eigenvalue weighted by molar-refractivity contribution is 6.30. The van der Waals surface area contributed by atoms with E-state index in [-0.39, 0.29) is 5.91 Å². The van der Waals surface area contributed by atoms with Crippen LogP contribution < -0.4 is 10.1 Å². The maximum absolute atomic E-state index is 12.7. The Morgan fingerprint density at radius 2 is 1.92 bits per heavy atom. The summed E-state index contributed by atoms with van der Waals surface area (Å²) >= 11 is 5.89. The average Bonchev–Trinajstić information content (AvgIpc) is 2.67. The second kappa shape index (κ2) is 8.37. The summed E-state index contributed by atoms with van der Waals surface area (Å²) in [4.78, 5) is 14.6. The van der Waals surface area contributed by atoms with E-state index in [1.165, 1.54) is 0 Å². The van der Waals surface area contributed by atoms with Crippen LogP contribution in [0, 0.1) is 0 Å². The molecular weight excluding hydrogens is 336 g/mol. The fourth-order valence-electron chi connectivity index (χ4n) is 3.03. The number of nitrogens with zero attached hydrogens (tertiary/aromatic N) is 1. The van der Waals surface area contributed by atoms with Crippen molar-refractivity contribution in [3.8, 4) is 5.75 Å². The fraction of sp³-hybridized carbons (Fsp3) is 0.350. The molecule has 1 fully saturated rings. The van der Waals surface area contributed by atoms with E-state index in [1.54, 1.807) is 0 Å². The summed E-state index contributed by atoms with van der Waals surface area (Å²) in [5.74, 6) is 0.739. The van der Waals surface area contributed by atoms with Crippen molar-refractivity contribution in [3.63, 3.8) is 0 Å². The lowest BCUT2D eigenvalue weighted by Gasteiger charge is -2.31. The van der Waals surface area contributed by atoms with Gasteiger partial charge in [0, 0.05) is 23.7 Å². The second-order valence-corrected chi connectivity index (χ2v) is 6.78. The number of amides is 1. The Morgan fingerprint density at radius 3 is 2.64 bits per heavy atom. The summed E-state index contributed by atoms with van der Waals surface area (Å²) in [5, 5.41) is 4.03. The van der Waals surface area contributed by atoms with Crippen LogP contribution in [0.3, 0.4) is 0 Å². The first-order valence-corrected chi connectivity index (χ1v) is 8.96. The van der Waals surface area contributed by atoms with E-state index in [4.69, 9.17) is 16.3 Å². The lowest BCUT2D eigenvalue weighted by Crippen LogP contribution is -2.43. The zero-order valence-electron chi connectivity index (χ0n) is 14.4. The molecule has 1 N–H and O–H groups in total. The van der Waals surface area contributed by atoms with E-state index in [0.29, 0.717) is 29.0 Å². The zero-order chi connectivity index (χ0) is 17.6. The molecule has 0 aliphatic carbocycles. The summed E-state index contributed by atoms with van der Waals surface area (Å²) in [6.07, 6.45) is 1.99. The van der Waals surface area contributed by atoms with Crippen molar-refractivity contribution in [2.75, 3.05) is 20.1 Å². The Labute approximate surface area is 153 Å². The quantitative estimate of drug-likeness (QED) is 0.885. The number of ether oxygens (including phenoxy) is 1. The van der Waals surface area contributed by atoms with Gasteiger partial charge in [-0.1, -0.05) is 29.8 Å². The standard InChI is InChI=1S/C20H23ClN2O2/c1-23(18-9-11-22-12-10-18)20(24)16-3-2-4-19(13-16)25-14-15-5-7-17(21)8-6-15/h2-8,13,18,22H,9-12,14H2,1H3. The van der Waals surface area contributed by atoms with Crippen LogP contribution in [-0.2, 0) is 6.61 Å². The van der Waals surface area contributed by atoms with E-state index in [0.717, 1.165) is 31.5 Å². The van der Waals surface area contributed by atoms with Crippen LogP contribution in [-0.4, -0.2) is 37.0 Å². The Bertz CT molecular complexity index is 712. The third-order valence-corrected chi connectivity index (χ3v) is 4.83. The van der Waals surface area contributed by atoms with Crippen molar-refractivity contribution in [1.82, 2.24) is 10.2 Å². The van der Waals surface area contributed by atoms with E-state index in [2.05, 4.69) is 5.32 Å². The molecule has 0 unspecified atom stereocenters. The number of benzene rings is 2. The number of carbonyl (C=O) groups excluding carboxylic acids is 1. The highest BCUT2D eigenvalue weighted by atomic mass is 35.5. The van der Waals surface area contributed by atoms with Crippen molar-refractivity contribution >= 4 is 17.5 Å². The molecule has 0 spiro atoms. The van der Waals surface area contributed by atoms with Crippen LogP contribution in [0.5, 0.6) is 5.75 Å². The third-order valence-electron chi connectivity index (χ3n) is 4.58.